The largest absolute Gasteiger partial charge is 0.458 e. The van der Waals surface area contributed by atoms with Gasteiger partial charge in [-0.2, -0.15) is 0 Å². The number of esters is 1. The molecule has 0 fully saturated rings. The second kappa shape index (κ2) is 8.65. The highest BCUT2D eigenvalue weighted by Gasteiger charge is 2.06. The van der Waals surface area contributed by atoms with Crippen LogP contribution in [0.25, 0.3) is 21.9 Å². The van der Waals surface area contributed by atoms with Gasteiger partial charge in [0.15, 0.2) is 0 Å². The molecular formula is C24H24O3. The molecule has 0 atom stereocenters. The van der Waals surface area contributed by atoms with Crippen LogP contribution in [-0.2, 0) is 22.6 Å². The summed E-state index contributed by atoms with van der Waals surface area (Å²) in [4.78, 5) is 11.3. The zero-order valence-electron chi connectivity index (χ0n) is 15.6. The van der Waals surface area contributed by atoms with Crippen LogP contribution in [0.5, 0.6) is 0 Å². The molecule has 0 radical (unpaired) electrons. The number of aryl methyl sites for hydroxylation is 2. The van der Waals surface area contributed by atoms with Crippen LogP contribution in [0.4, 0.5) is 0 Å². The van der Waals surface area contributed by atoms with Gasteiger partial charge in [0, 0.05) is 12.7 Å². The standard InChI is InChI=1S/C24H24O3/c1-3-24(26)27-16-23-15-20(8-6-17(23)2)22-11-10-19-13-18(5-4-12-25)7-9-21(19)14-22/h3,6-11,13-15,25H,1,4-5,12,16H2,2H3. The average molecular weight is 360 g/mol. The Balaban J connectivity index is 1.88. The maximum Gasteiger partial charge on any atom is 0.330 e. The molecule has 0 aliphatic rings. The van der Waals surface area contributed by atoms with Crippen molar-refractivity contribution in [3.63, 3.8) is 0 Å². The van der Waals surface area contributed by atoms with E-state index in [1.807, 2.05) is 6.92 Å². The number of carbonyl (C=O) groups excluding carboxylic acids is 1. The van der Waals surface area contributed by atoms with Crippen LogP contribution in [0, 0.1) is 6.92 Å². The van der Waals surface area contributed by atoms with Gasteiger partial charge in [-0.25, -0.2) is 4.79 Å². The number of carbonyl (C=O) groups is 1. The first kappa shape index (κ1) is 18.9. The molecule has 0 unspecified atom stereocenters. The van der Waals surface area contributed by atoms with Crippen molar-refractivity contribution < 1.29 is 14.6 Å². The smallest absolute Gasteiger partial charge is 0.330 e. The van der Waals surface area contributed by atoms with E-state index in [9.17, 15) is 4.79 Å². The molecule has 3 aromatic carbocycles. The molecule has 3 heteroatoms. The summed E-state index contributed by atoms with van der Waals surface area (Å²) < 4.78 is 5.19. The van der Waals surface area contributed by atoms with E-state index >= 15 is 0 Å². The summed E-state index contributed by atoms with van der Waals surface area (Å²) >= 11 is 0. The molecule has 0 heterocycles. The number of fused-ring (bicyclic) bond motifs is 1. The van der Waals surface area contributed by atoms with Crippen LogP contribution < -0.4 is 0 Å². The SMILES string of the molecule is C=CC(=O)OCc1cc(-c2ccc3cc(CCCO)ccc3c2)ccc1C. The molecule has 0 aliphatic carbocycles. The number of hydrogen-bond acceptors (Lipinski definition) is 3. The predicted octanol–water partition coefficient (Wildman–Crippen LogP) is 4.97. The minimum atomic E-state index is -0.414. The van der Waals surface area contributed by atoms with Gasteiger partial charge in [0.2, 0.25) is 0 Å². The van der Waals surface area contributed by atoms with Gasteiger partial charge >= 0.3 is 5.97 Å². The molecule has 1 N–H and O–H groups in total. The molecule has 0 bridgehead atoms. The Kier molecular flexibility index (Phi) is 6.05. The van der Waals surface area contributed by atoms with Gasteiger partial charge in [-0.05, 0) is 70.5 Å². The third-order valence-corrected chi connectivity index (χ3v) is 4.75. The summed E-state index contributed by atoms with van der Waals surface area (Å²) in [5, 5.41) is 11.4. The van der Waals surface area contributed by atoms with E-state index < -0.39 is 5.97 Å². The van der Waals surface area contributed by atoms with Crippen LogP contribution in [-0.4, -0.2) is 17.7 Å². The van der Waals surface area contributed by atoms with E-state index in [2.05, 4.69) is 61.2 Å². The molecule has 3 rings (SSSR count). The second-order valence-corrected chi connectivity index (χ2v) is 6.68. The van der Waals surface area contributed by atoms with Crippen molar-refractivity contribution in [1.29, 1.82) is 0 Å². The lowest BCUT2D eigenvalue weighted by molar-refractivity contribution is -0.138. The molecule has 0 aliphatic heterocycles. The maximum absolute atomic E-state index is 11.3. The number of aliphatic hydroxyl groups is 1. The van der Waals surface area contributed by atoms with Gasteiger partial charge < -0.3 is 9.84 Å². The number of benzene rings is 3. The van der Waals surface area contributed by atoms with Gasteiger partial charge in [-0.15, -0.1) is 0 Å². The Morgan fingerprint density at radius 2 is 1.74 bits per heavy atom. The topological polar surface area (TPSA) is 46.5 Å². The first-order valence-corrected chi connectivity index (χ1v) is 9.13. The normalized spacial score (nSPS) is 10.7. The number of hydrogen-bond donors (Lipinski definition) is 1. The second-order valence-electron chi connectivity index (χ2n) is 6.68. The van der Waals surface area contributed by atoms with Gasteiger partial charge in [0.05, 0.1) is 0 Å². The van der Waals surface area contributed by atoms with Gasteiger partial charge in [-0.3, -0.25) is 0 Å². The predicted molar refractivity (Wildman–Crippen MR) is 110 cm³/mol. The van der Waals surface area contributed by atoms with Crippen molar-refractivity contribution in [2.24, 2.45) is 0 Å². The zero-order valence-corrected chi connectivity index (χ0v) is 15.6. The number of ether oxygens (including phenoxy) is 1. The quantitative estimate of drug-likeness (QED) is 0.478. The van der Waals surface area contributed by atoms with Crippen molar-refractivity contribution in [1.82, 2.24) is 0 Å². The fourth-order valence-electron chi connectivity index (χ4n) is 3.13. The summed E-state index contributed by atoms with van der Waals surface area (Å²) in [5.41, 5.74) is 5.54. The Morgan fingerprint density at radius 1 is 1.04 bits per heavy atom. The van der Waals surface area contributed by atoms with Crippen molar-refractivity contribution >= 4 is 16.7 Å². The summed E-state index contributed by atoms with van der Waals surface area (Å²) in [7, 11) is 0. The van der Waals surface area contributed by atoms with Crippen LogP contribution >= 0.6 is 0 Å². The number of rotatable bonds is 7. The molecule has 0 saturated heterocycles. The van der Waals surface area contributed by atoms with Crippen LogP contribution in [0.3, 0.4) is 0 Å². The highest BCUT2D eigenvalue weighted by Crippen LogP contribution is 2.27. The molecule has 3 nitrogen and oxygen atoms in total. The lowest BCUT2D eigenvalue weighted by atomic mass is 9.96. The third kappa shape index (κ3) is 4.63. The third-order valence-electron chi connectivity index (χ3n) is 4.75. The van der Waals surface area contributed by atoms with E-state index in [1.54, 1.807) is 0 Å². The highest BCUT2D eigenvalue weighted by atomic mass is 16.5. The molecule has 0 amide bonds. The highest BCUT2D eigenvalue weighted by molar-refractivity contribution is 5.88. The lowest BCUT2D eigenvalue weighted by Crippen LogP contribution is -2.01. The van der Waals surface area contributed by atoms with Crippen LogP contribution in [0.1, 0.15) is 23.1 Å². The van der Waals surface area contributed by atoms with Crippen LogP contribution in [0.15, 0.2) is 67.3 Å². The number of aliphatic hydroxyl groups excluding tert-OH is 1. The fourth-order valence-corrected chi connectivity index (χ4v) is 3.13. The molecule has 27 heavy (non-hydrogen) atoms. The average Bonchev–Trinajstić information content (AvgIpc) is 2.70. The molecule has 3 aromatic rings. The maximum atomic E-state index is 11.3. The molecule has 138 valence electrons. The summed E-state index contributed by atoms with van der Waals surface area (Å²) in [6, 6.07) is 19.1. The summed E-state index contributed by atoms with van der Waals surface area (Å²) in [6.45, 7) is 5.89. The van der Waals surface area contributed by atoms with Crippen molar-refractivity contribution in [2.75, 3.05) is 6.61 Å². The van der Waals surface area contributed by atoms with E-state index in [-0.39, 0.29) is 13.2 Å². The summed E-state index contributed by atoms with van der Waals surface area (Å²) in [6.07, 6.45) is 2.85. The van der Waals surface area contributed by atoms with Gasteiger partial charge in [0.1, 0.15) is 6.61 Å². The van der Waals surface area contributed by atoms with Gasteiger partial charge in [-0.1, -0.05) is 49.0 Å². The Morgan fingerprint density at radius 3 is 2.52 bits per heavy atom. The van der Waals surface area contributed by atoms with Crippen LogP contribution in [0.2, 0.25) is 0 Å². The minimum absolute atomic E-state index is 0.217. The Bertz CT molecular complexity index is 973. The molecular weight excluding hydrogens is 336 g/mol. The van der Waals surface area contributed by atoms with Gasteiger partial charge in [0.25, 0.3) is 0 Å². The van der Waals surface area contributed by atoms with Crippen molar-refractivity contribution in [3.8, 4) is 11.1 Å². The molecule has 0 aromatic heterocycles. The summed E-state index contributed by atoms with van der Waals surface area (Å²) in [5.74, 6) is -0.414. The monoisotopic (exact) mass is 360 g/mol. The van der Waals surface area contributed by atoms with E-state index in [4.69, 9.17) is 9.84 Å². The van der Waals surface area contributed by atoms with Crippen molar-refractivity contribution in [2.45, 2.75) is 26.4 Å². The first-order chi connectivity index (χ1) is 13.1. The molecule has 0 saturated carbocycles. The molecule has 0 spiro atoms. The zero-order chi connectivity index (χ0) is 19.2. The van der Waals surface area contributed by atoms with E-state index in [1.165, 1.54) is 22.4 Å². The van der Waals surface area contributed by atoms with E-state index in [0.717, 1.165) is 35.1 Å². The fraction of sp³-hybridized carbons (Fsp3) is 0.208. The van der Waals surface area contributed by atoms with Crippen molar-refractivity contribution in [3.05, 3.63) is 83.9 Å². The van der Waals surface area contributed by atoms with E-state index in [0.29, 0.717) is 0 Å². The Labute approximate surface area is 159 Å². The Hall–Kier alpha value is -2.91. The first-order valence-electron chi connectivity index (χ1n) is 9.13. The minimum Gasteiger partial charge on any atom is -0.458 e. The lowest BCUT2D eigenvalue weighted by Gasteiger charge is -2.11.